The lowest BCUT2D eigenvalue weighted by Gasteiger charge is -2.58. The summed E-state index contributed by atoms with van der Waals surface area (Å²) < 4.78 is 5.51. The third-order valence-electron chi connectivity index (χ3n) is 7.35. The molecule has 2 aliphatic carbocycles. The maximum atomic E-state index is 9.90. The fourth-order valence-corrected chi connectivity index (χ4v) is 5.86. The molecule has 3 aliphatic rings. The number of rotatable bonds is 6. The summed E-state index contributed by atoms with van der Waals surface area (Å²) in [4.78, 5) is 22.4. The summed E-state index contributed by atoms with van der Waals surface area (Å²) in [7, 11) is 4.12. The van der Waals surface area contributed by atoms with Crippen molar-refractivity contribution in [2.45, 2.75) is 75.7 Å². The van der Waals surface area contributed by atoms with E-state index in [1.807, 2.05) is 0 Å². The standard InChI is InChI=1S/C18H25NO.C6H10O4/c1-19-10-9-18-8-4-3-5-15(18)17(19)11-13-6-7-14(20-2)12-16(13)18;7-5(8)3-1-2-4-6(9)10/h6-7,12,15,17H,3-5,8-11H2,1-2H3;1-4H2,(H,7,8)(H,9,10)/t15-,17+,18+;/m1./s1. The van der Waals surface area contributed by atoms with Gasteiger partial charge >= 0.3 is 11.9 Å². The van der Waals surface area contributed by atoms with Gasteiger partial charge in [-0.1, -0.05) is 18.9 Å². The summed E-state index contributed by atoms with van der Waals surface area (Å²) in [6.45, 7) is 1.26. The number of nitrogens with zero attached hydrogens (tertiary/aromatic N) is 1. The number of ether oxygens (including phenoxy) is 1. The molecule has 1 aliphatic heterocycles. The monoisotopic (exact) mass is 417 g/mol. The number of piperidine rings is 1. The van der Waals surface area contributed by atoms with Crippen LogP contribution < -0.4 is 4.74 Å². The lowest BCUT2D eigenvalue weighted by molar-refractivity contribution is -0.139. The van der Waals surface area contributed by atoms with Crippen molar-refractivity contribution < 1.29 is 24.5 Å². The van der Waals surface area contributed by atoms with Gasteiger partial charge in [-0.05, 0) is 81.3 Å². The van der Waals surface area contributed by atoms with Gasteiger partial charge in [0.25, 0.3) is 0 Å². The van der Waals surface area contributed by atoms with Crippen LogP contribution in [0.25, 0.3) is 0 Å². The molecular weight excluding hydrogens is 382 g/mol. The first kappa shape index (κ1) is 22.6. The van der Waals surface area contributed by atoms with E-state index in [4.69, 9.17) is 14.9 Å². The molecule has 1 aromatic rings. The molecule has 0 radical (unpaired) electrons. The fraction of sp³-hybridized carbons (Fsp3) is 0.667. The van der Waals surface area contributed by atoms with E-state index >= 15 is 0 Å². The number of hydrogen-bond acceptors (Lipinski definition) is 4. The fourth-order valence-electron chi connectivity index (χ4n) is 5.86. The molecule has 1 saturated heterocycles. The van der Waals surface area contributed by atoms with Crippen molar-refractivity contribution in [1.82, 2.24) is 4.90 Å². The molecule has 2 fully saturated rings. The molecule has 2 N–H and O–H groups in total. The highest BCUT2D eigenvalue weighted by molar-refractivity contribution is 5.67. The largest absolute Gasteiger partial charge is 0.497 e. The quantitative estimate of drug-likeness (QED) is 0.678. The highest BCUT2D eigenvalue weighted by Gasteiger charge is 2.53. The third-order valence-corrected chi connectivity index (χ3v) is 7.35. The van der Waals surface area contributed by atoms with Crippen molar-refractivity contribution in [2.24, 2.45) is 5.92 Å². The number of fused-ring (bicyclic) bond motifs is 1. The summed E-state index contributed by atoms with van der Waals surface area (Å²) in [6, 6.07) is 7.60. The number of hydrogen-bond donors (Lipinski definition) is 2. The van der Waals surface area contributed by atoms with Gasteiger partial charge in [0.15, 0.2) is 0 Å². The van der Waals surface area contributed by atoms with E-state index in [1.54, 1.807) is 18.2 Å². The number of carbonyl (C=O) groups is 2. The van der Waals surface area contributed by atoms with Crippen LogP contribution in [0.1, 0.15) is 68.9 Å². The Bertz CT molecular complexity index is 748. The van der Waals surface area contributed by atoms with E-state index in [1.165, 1.54) is 45.1 Å². The van der Waals surface area contributed by atoms with Crippen molar-refractivity contribution >= 4 is 11.9 Å². The number of benzene rings is 1. The van der Waals surface area contributed by atoms with E-state index < -0.39 is 11.9 Å². The van der Waals surface area contributed by atoms with Gasteiger partial charge < -0.3 is 19.8 Å². The Labute approximate surface area is 179 Å². The number of unbranched alkanes of at least 4 members (excludes halogenated alkanes) is 1. The van der Waals surface area contributed by atoms with Crippen LogP contribution in [0.4, 0.5) is 0 Å². The molecule has 6 nitrogen and oxygen atoms in total. The summed E-state index contributed by atoms with van der Waals surface area (Å²) in [5.74, 6) is 0.171. The van der Waals surface area contributed by atoms with Crippen LogP contribution in [0, 0.1) is 5.92 Å². The zero-order valence-electron chi connectivity index (χ0n) is 18.2. The second-order valence-corrected chi connectivity index (χ2v) is 9.03. The van der Waals surface area contributed by atoms with Crippen LogP contribution in [-0.2, 0) is 21.4 Å². The second-order valence-electron chi connectivity index (χ2n) is 9.03. The van der Waals surface area contributed by atoms with Gasteiger partial charge in [0.1, 0.15) is 5.75 Å². The summed E-state index contributed by atoms with van der Waals surface area (Å²) >= 11 is 0. The average Bonchev–Trinajstić information content (AvgIpc) is 2.74. The number of carboxylic acids is 2. The van der Waals surface area contributed by atoms with Crippen LogP contribution in [0.5, 0.6) is 5.75 Å². The molecule has 0 amide bonds. The van der Waals surface area contributed by atoms with Crippen LogP contribution in [-0.4, -0.2) is 53.8 Å². The van der Waals surface area contributed by atoms with Gasteiger partial charge in [-0.25, -0.2) is 0 Å². The molecule has 166 valence electrons. The highest BCUT2D eigenvalue weighted by atomic mass is 16.5. The molecule has 0 spiro atoms. The van der Waals surface area contributed by atoms with Gasteiger partial charge in [0, 0.05) is 24.3 Å². The van der Waals surface area contributed by atoms with Gasteiger partial charge in [-0.2, -0.15) is 0 Å². The Balaban J connectivity index is 0.000000220. The molecule has 30 heavy (non-hydrogen) atoms. The number of carboxylic acid groups (broad SMARTS) is 2. The first-order chi connectivity index (χ1) is 14.4. The molecule has 0 unspecified atom stereocenters. The zero-order chi connectivity index (χ0) is 21.7. The zero-order valence-corrected chi connectivity index (χ0v) is 18.2. The van der Waals surface area contributed by atoms with Crippen LogP contribution in [0.3, 0.4) is 0 Å². The Hall–Kier alpha value is -2.08. The van der Waals surface area contributed by atoms with Crippen molar-refractivity contribution in [1.29, 1.82) is 0 Å². The molecule has 6 heteroatoms. The SMILES string of the molecule is COc1ccc2c(c1)[C@]13CCCC[C@@H]1[C@H](C2)N(C)CC3.O=C(O)CCCCC(=O)O. The predicted octanol–water partition coefficient (Wildman–Crippen LogP) is 4.10. The van der Waals surface area contributed by atoms with Gasteiger partial charge in [-0.15, -0.1) is 0 Å². The first-order valence-corrected chi connectivity index (χ1v) is 11.2. The molecule has 3 atom stereocenters. The molecule has 1 heterocycles. The van der Waals surface area contributed by atoms with Gasteiger partial charge in [-0.3, -0.25) is 9.59 Å². The molecule has 0 aromatic heterocycles. The van der Waals surface area contributed by atoms with E-state index in [0.717, 1.165) is 17.7 Å². The molecule has 4 rings (SSSR count). The minimum Gasteiger partial charge on any atom is -0.497 e. The minimum absolute atomic E-state index is 0.0628. The molecule has 1 saturated carbocycles. The van der Waals surface area contributed by atoms with Crippen molar-refractivity contribution in [3.8, 4) is 5.75 Å². The van der Waals surface area contributed by atoms with Crippen LogP contribution >= 0.6 is 0 Å². The Kier molecular flexibility index (Phi) is 7.40. The summed E-state index contributed by atoms with van der Waals surface area (Å²) in [6.07, 6.45) is 9.24. The van der Waals surface area contributed by atoms with E-state index in [9.17, 15) is 9.59 Å². The molecular formula is C24H35NO5. The molecule has 1 aromatic carbocycles. The van der Waals surface area contributed by atoms with Crippen molar-refractivity contribution in [3.63, 3.8) is 0 Å². The average molecular weight is 418 g/mol. The summed E-state index contributed by atoms with van der Waals surface area (Å²) in [5, 5.41) is 16.3. The Morgan fingerprint density at radius 3 is 2.47 bits per heavy atom. The van der Waals surface area contributed by atoms with E-state index in [0.29, 0.717) is 18.3 Å². The second kappa shape index (κ2) is 9.82. The highest BCUT2D eigenvalue weighted by Crippen LogP contribution is 2.55. The maximum absolute atomic E-state index is 9.90. The third kappa shape index (κ3) is 4.80. The van der Waals surface area contributed by atoms with E-state index in [2.05, 4.69) is 30.1 Å². The Morgan fingerprint density at radius 1 is 1.13 bits per heavy atom. The predicted molar refractivity (Wildman–Crippen MR) is 115 cm³/mol. The van der Waals surface area contributed by atoms with Crippen molar-refractivity contribution in [3.05, 3.63) is 29.3 Å². The number of likely N-dealkylation sites (N-methyl/N-ethyl adjacent to an activating group) is 1. The lowest BCUT2D eigenvalue weighted by atomic mass is 9.52. The molecule has 2 bridgehead atoms. The van der Waals surface area contributed by atoms with Gasteiger partial charge in [0.2, 0.25) is 0 Å². The topological polar surface area (TPSA) is 87.1 Å². The van der Waals surface area contributed by atoms with Crippen molar-refractivity contribution in [2.75, 3.05) is 20.7 Å². The summed E-state index contributed by atoms with van der Waals surface area (Å²) in [5.41, 5.74) is 3.67. The van der Waals surface area contributed by atoms with Gasteiger partial charge in [0.05, 0.1) is 7.11 Å². The smallest absolute Gasteiger partial charge is 0.303 e. The minimum atomic E-state index is -0.870. The Morgan fingerprint density at radius 2 is 1.83 bits per heavy atom. The number of aliphatic carboxylic acids is 2. The maximum Gasteiger partial charge on any atom is 0.303 e. The number of methoxy groups -OCH3 is 1. The number of likely N-dealkylation sites (tertiary alicyclic amines) is 1. The van der Waals surface area contributed by atoms with Crippen LogP contribution in [0.15, 0.2) is 18.2 Å². The lowest BCUT2D eigenvalue weighted by Crippen LogP contribution is -2.59. The first-order valence-electron chi connectivity index (χ1n) is 11.2. The van der Waals surface area contributed by atoms with Crippen LogP contribution in [0.2, 0.25) is 0 Å². The normalized spacial score (nSPS) is 27.1. The van der Waals surface area contributed by atoms with E-state index in [-0.39, 0.29) is 12.8 Å².